The van der Waals surface area contributed by atoms with Gasteiger partial charge in [-0.2, -0.15) is 4.99 Å². The second-order valence-electron chi connectivity index (χ2n) is 6.63. The van der Waals surface area contributed by atoms with Crippen LogP contribution in [0.15, 0.2) is 58.7 Å². The smallest absolute Gasteiger partial charge is 0.326 e. The SMILES string of the molecule is CCOC(=O)Cn1c(=NC(=O)c2ccc3nccnc3c2)sc2cc(S(N)(=O)=O)ccc21. The molecule has 2 heterocycles. The first-order valence-electron chi connectivity index (χ1n) is 9.38. The highest BCUT2D eigenvalue weighted by molar-refractivity contribution is 7.89. The Morgan fingerprint density at radius 3 is 2.59 bits per heavy atom. The van der Waals surface area contributed by atoms with Gasteiger partial charge in [-0.15, -0.1) is 0 Å². The summed E-state index contributed by atoms with van der Waals surface area (Å²) in [6, 6.07) is 9.06. The second-order valence-corrected chi connectivity index (χ2v) is 9.20. The van der Waals surface area contributed by atoms with Crippen molar-refractivity contribution in [3.05, 3.63) is 59.2 Å². The van der Waals surface area contributed by atoms with E-state index in [0.717, 1.165) is 11.3 Å². The topological polar surface area (TPSA) is 147 Å². The molecule has 1 amide bonds. The fourth-order valence-electron chi connectivity index (χ4n) is 3.05. The van der Waals surface area contributed by atoms with Crippen molar-refractivity contribution in [3.63, 3.8) is 0 Å². The van der Waals surface area contributed by atoms with Crippen LogP contribution in [0, 0.1) is 0 Å². The zero-order valence-electron chi connectivity index (χ0n) is 16.8. The molecule has 0 saturated heterocycles. The molecule has 0 aliphatic rings. The number of carbonyl (C=O) groups excluding carboxylic acids is 2. The molecule has 0 unspecified atom stereocenters. The molecule has 0 saturated carbocycles. The van der Waals surface area contributed by atoms with E-state index in [-0.39, 0.29) is 22.8 Å². The highest BCUT2D eigenvalue weighted by atomic mass is 32.2. The summed E-state index contributed by atoms with van der Waals surface area (Å²) in [4.78, 5) is 37.7. The number of ether oxygens (including phenoxy) is 1. The molecular weight excluding hydrogens is 454 g/mol. The third kappa shape index (κ3) is 4.42. The van der Waals surface area contributed by atoms with E-state index in [1.807, 2.05) is 0 Å². The van der Waals surface area contributed by atoms with Gasteiger partial charge >= 0.3 is 5.97 Å². The van der Waals surface area contributed by atoms with Crippen molar-refractivity contribution < 1.29 is 22.7 Å². The number of hydrogen-bond acceptors (Lipinski definition) is 8. The summed E-state index contributed by atoms with van der Waals surface area (Å²) in [6.07, 6.45) is 3.08. The van der Waals surface area contributed by atoms with Crippen LogP contribution in [-0.2, 0) is 26.1 Å². The molecule has 0 aliphatic carbocycles. The summed E-state index contributed by atoms with van der Waals surface area (Å²) in [5.74, 6) is -1.06. The third-order valence-corrected chi connectivity index (χ3v) is 6.44. The number of benzene rings is 2. The zero-order valence-corrected chi connectivity index (χ0v) is 18.4. The predicted molar refractivity (Wildman–Crippen MR) is 117 cm³/mol. The molecule has 12 heteroatoms. The minimum absolute atomic E-state index is 0.0829. The first kappa shape index (κ1) is 21.7. The molecule has 0 spiro atoms. The minimum Gasteiger partial charge on any atom is -0.465 e. The number of sulfonamides is 1. The Morgan fingerprint density at radius 1 is 1.12 bits per heavy atom. The molecule has 164 valence electrons. The summed E-state index contributed by atoms with van der Waals surface area (Å²) >= 11 is 1.06. The summed E-state index contributed by atoms with van der Waals surface area (Å²) < 4.78 is 30.5. The van der Waals surface area contributed by atoms with Gasteiger partial charge in [-0.1, -0.05) is 11.3 Å². The molecule has 0 radical (unpaired) electrons. The Bertz CT molecular complexity index is 1540. The van der Waals surface area contributed by atoms with Crippen molar-refractivity contribution in [2.24, 2.45) is 10.1 Å². The summed E-state index contributed by atoms with van der Waals surface area (Å²) in [5, 5.41) is 5.22. The Labute approximate surface area is 186 Å². The number of primary sulfonamides is 1. The summed E-state index contributed by atoms with van der Waals surface area (Å²) in [5.41, 5.74) is 2.00. The van der Waals surface area contributed by atoms with E-state index in [2.05, 4.69) is 15.0 Å². The second kappa shape index (κ2) is 8.57. The highest BCUT2D eigenvalue weighted by Crippen LogP contribution is 2.22. The van der Waals surface area contributed by atoms with Crippen LogP contribution in [0.5, 0.6) is 0 Å². The standard InChI is InChI=1S/C20H17N5O5S2/c1-2-30-18(26)11-25-16-6-4-13(32(21,28)29)10-17(16)31-20(25)24-19(27)12-3-5-14-15(9-12)23-8-7-22-14/h3-10H,2,11H2,1H3,(H2,21,28,29). The van der Waals surface area contributed by atoms with Crippen LogP contribution in [0.3, 0.4) is 0 Å². The van der Waals surface area contributed by atoms with Gasteiger partial charge in [0.25, 0.3) is 5.91 Å². The van der Waals surface area contributed by atoms with Crippen LogP contribution in [-0.4, -0.2) is 41.4 Å². The van der Waals surface area contributed by atoms with Crippen LogP contribution in [0.25, 0.3) is 21.3 Å². The van der Waals surface area contributed by atoms with Gasteiger partial charge in [0.05, 0.1) is 32.8 Å². The zero-order chi connectivity index (χ0) is 22.9. The van der Waals surface area contributed by atoms with E-state index in [1.54, 1.807) is 31.3 Å². The van der Waals surface area contributed by atoms with Gasteiger partial charge in [0.2, 0.25) is 10.0 Å². The van der Waals surface area contributed by atoms with Gasteiger partial charge in [0, 0.05) is 18.0 Å². The molecule has 10 nitrogen and oxygen atoms in total. The van der Waals surface area contributed by atoms with Crippen molar-refractivity contribution in [2.75, 3.05) is 6.61 Å². The molecular formula is C20H17N5O5S2. The van der Waals surface area contributed by atoms with Gasteiger partial charge in [0.15, 0.2) is 4.80 Å². The Morgan fingerprint density at radius 2 is 1.88 bits per heavy atom. The van der Waals surface area contributed by atoms with Crippen LogP contribution >= 0.6 is 11.3 Å². The molecule has 0 atom stereocenters. The van der Waals surface area contributed by atoms with Crippen LogP contribution in [0.4, 0.5) is 0 Å². The van der Waals surface area contributed by atoms with Crippen LogP contribution in [0.2, 0.25) is 0 Å². The Balaban J connectivity index is 1.85. The number of amides is 1. The molecule has 2 aromatic carbocycles. The Hall–Kier alpha value is -3.48. The van der Waals surface area contributed by atoms with E-state index in [0.29, 0.717) is 26.8 Å². The maximum Gasteiger partial charge on any atom is 0.326 e. The number of thiazole rings is 1. The van der Waals surface area contributed by atoms with Crippen molar-refractivity contribution in [2.45, 2.75) is 18.4 Å². The predicted octanol–water partition coefficient (Wildman–Crippen LogP) is 1.60. The van der Waals surface area contributed by atoms with Crippen molar-refractivity contribution in [3.8, 4) is 0 Å². The van der Waals surface area contributed by atoms with E-state index < -0.39 is 21.9 Å². The largest absolute Gasteiger partial charge is 0.465 e. The molecule has 2 aromatic heterocycles. The number of aromatic nitrogens is 3. The number of nitrogens with two attached hydrogens (primary N) is 1. The molecule has 32 heavy (non-hydrogen) atoms. The average molecular weight is 472 g/mol. The van der Waals surface area contributed by atoms with Gasteiger partial charge < -0.3 is 9.30 Å². The van der Waals surface area contributed by atoms with Crippen molar-refractivity contribution >= 4 is 54.5 Å². The number of rotatable bonds is 5. The lowest BCUT2D eigenvalue weighted by Gasteiger charge is -2.05. The normalized spacial score (nSPS) is 12.4. The first-order valence-corrected chi connectivity index (χ1v) is 11.7. The van der Waals surface area contributed by atoms with Crippen molar-refractivity contribution in [1.29, 1.82) is 0 Å². The van der Waals surface area contributed by atoms with E-state index in [9.17, 15) is 18.0 Å². The molecule has 0 bridgehead atoms. The Kier molecular flexibility index (Phi) is 5.82. The minimum atomic E-state index is -3.92. The van der Waals surface area contributed by atoms with Gasteiger partial charge in [-0.25, -0.2) is 13.6 Å². The molecule has 0 fully saturated rings. The van der Waals surface area contributed by atoms with Crippen LogP contribution in [0.1, 0.15) is 17.3 Å². The fourth-order valence-corrected chi connectivity index (χ4v) is 4.73. The maximum atomic E-state index is 12.9. The quantitative estimate of drug-likeness (QED) is 0.435. The monoisotopic (exact) mass is 471 g/mol. The number of hydrogen-bond donors (Lipinski definition) is 1. The summed E-state index contributed by atoms with van der Waals surface area (Å²) in [6.45, 7) is 1.68. The number of carbonyl (C=O) groups is 2. The lowest BCUT2D eigenvalue weighted by atomic mass is 10.2. The molecule has 4 aromatic rings. The third-order valence-electron chi connectivity index (χ3n) is 4.49. The highest BCUT2D eigenvalue weighted by Gasteiger charge is 2.16. The fraction of sp³-hybridized carbons (Fsp3) is 0.150. The van der Waals surface area contributed by atoms with Crippen molar-refractivity contribution in [1.82, 2.24) is 14.5 Å². The molecule has 0 aliphatic heterocycles. The average Bonchev–Trinajstić information content (AvgIpc) is 3.09. The number of nitrogens with zero attached hydrogens (tertiary/aromatic N) is 4. The van der Waals surface area contributed by atoms with E-state index in [1.165, 1.54) is 29.0 Å². The lowest BCUT2D eigenvalue weighted by molar-refractivity contribution is -0.143. The van der Waals surface area contributed by atoms with Gasteiger partial charge in [-0.05, 0) is 43.3 Å². The van der Waals surface area contributed by atoms with E-state index >= 15 is 0 Å². The lowest BCUT2D eigenvalue weighted by Crippen LogP contribution is -2.23. The summed E-state index contributed by atoms with van der Waals surface area (Å²) in [7, 11) is -3.92. The van der Waals surface area contributed by atoms with E-state index in [4.69, 9.17) is 9.88 Å². The van der Waals surface area contributed by atoms with Gasteiger partial charge in [-0.3, -0.25) is 19.6 Å². The number of fused-ring (bicyclic) bond motifs is 2. The molecule has 2 N–H and O–H groups in total. The maximum absolute atomic E-state index is 12.9. The van der Waals surface area contributed by atoms with Crippen LogP contribution < -0.4 is 9.94 Å². The first-order chi connectivity index (χ1) is 15.3. The number of esters is 1. The van der Waals surface area contributed by atoms with Gasteiger partial charge in [0.1, 0.15) is 6.54 Å². The molecule has 4 rings (SSSR count).